The summed E-state index contributed by atoms with van der Waals surface area (Å²) in [7, 11) is 3.19. The molecule has 2 aromatic carbocycles. The molecule has 3 aliphatic rings. The molecule has 0 radical (unpaired) electrons. The average molecular weight is 694 g/mol. The van der Waals surface area contributed by atoms with Gasteiger partial charge in [-0.2, -0.15) is 0 Å². The number of aromatic nitrogens is 3. The molecule has 51 heavy (non-hydrogen) atoms. The number of methoxy groups -OCH3 is 2. The summed E-state index contributed by atoms with van der Waals surface area (Å²) in [5.41, 5.74) is 7.29. The number of pyridine rings is 1. The predicted octanol–water partition coefficient (Wildman–Crippen LogP) is 4.86. The Morgan fingerprint density at radius 3 is 2.35 bits per heavy atom. The molecule has 11 nitrogen and oxygen atoms in total. The van der Waals surface area contributed by atoms with Crippen molar-refractivity contribution in [2.45, 2.75) is 58.2 Å². The molecule has 4 heterocycles. The second-order valence-electron chi connectivity index (χ2n) is 13.5. The van der Waals surface area contributed by atoms with Crippen molar-refractivity contribution in [3.8, 4) is 45.4 Å². The van der Waals surface area contributed by atoms with E-state index in [9.17, 15) is 9.59 Å². The number of aryl methyl sites for hydroxylation is 1. The van der Waals surface area contributed by atoms with E-state index in [-0.39, 0.29) is 29.7 Å². The van der Waals surface area contributed by atoms with E-state index in [1.807, 2.05) is 42.2 Å². The van der Waals surface area contributed by atoms with Crippen LogP contribution in [0.5, 0.6) is 11.8 Å². The summed E-state index contributed by atoms with van der Waals surface area (Å²) >= 11 is 0. The Balaban J connectivity index is 1.14. The molecule has 0 saturated carbocycles. The van der Waals surface area contributed by atoms with Gasteiger partial charge in [-0.05, 0) is 55.0 Å². The number of carbonyl (C=O) groups is 2. The van der Waals surface area contributed by atoms with Crippen molar-refractivity contribution in [1.29, 1.82) is 0 Å². The van der Waals surface area contributed by atoms with Crippen LogP contribution in [0.1, 0.15) is 54.6 Å². The number of carbonyl (C=O) groups excluding carboxylic acids is 2. The third-order valence-electron chi connectivity index (χ3n) is 10.4. The number of amides is 2. The van der Waals surface area contributed by atoms with E-state index in [0.29, 0.717) is 66.9 Å². The first-order valence-electron chi connectivity index (χ1n) is 17.6. The lowest BCUT2D eigenvalue weighted by Crippen LogP contribution is -2.47. The van der Waals surface area contributed by atoms with Gasteiger partial charge in [-0.1, -0.05) is 30.3 Å². The van der Waals surface area contributed by atoms with Gasteiger partial charge >= 0.3 is 0 Å². The third-order valence-corrected chi connectivity index (χ3v) is 10.4. The van der Waals surface area contributed by atoms with Crippen molar-refractivity contribution in [2.75, 3.05) is 46.9 Å². The van der Waals surface area contributed by atoms with Crippen molar-refractivity contribution in [3.05, 3.63) is 76.9 Å². The smallest absolute Gasteiger partial charge is 0.237 e. The second kappa shape index (κ2) is 14.7. The van der Waals surface area contributed by atoms with Crippen LogP contribution in [-0.2, 0) is 22.6 Å². The number of hydrogen-bond acceptors (Lipinski definition) is 9. The Kier molecular flexibility index (Phi) is 9.97. The van der Waals surface area contributed by atoms with Gasteiger partial charge in [0.05, 0.1) is 31.8 Å². The molecule has 2 N–H and O–H groups in total. The molecule has 1 aliphatic carbocycles. The van der Waals surface area contributed by atoms with Crippen LogP contribution in [0.25, 0.3) is 33.6 Å². The minimum Gasteiger partial charge on any atom is -0.481 e. The van der Waals surface area contributed by atoms with Crippen molar-refractivity contribution >= 4 is 11.8 Å². The summed E-state index contributed by atoms with van der Waals surface area (Å²) < 4.78 is 28.1. The quantitative estimate of drug-likeness (QED) is 0.240. The van der Waals surface area contributed by atoms with Gasteiger partial charge in [-0.25, -0.2) is 14.4 Å². The Morgan fingerprint density at radius 2 is 1.65 bits per heavy atom. The number of nitrogens with one attached hydrogen (secondary N) is 2. The Labute approximate surface area is 297 Å². The van der Waals surface area contributed by atoms with Crippen molar-refractivity contribution in [1.82, 2.24) is 35.4 Å². The third kappa shape index (κ3) is 7.02. The molecule has 2 fully saturated rings. The number of nitrogens with zero attached hydrogens (tertiary/aromatic N) is 5. The number of fused-ring (bicyclic) bond motifs is 1. The molecule has 2 aliphatic heterocycles. The lowest BCUT2D eigenvalue weighted by Gasteiger charge is -2.34. The first kappa shape index (κ1) is 34.5. The van der Waals surface area contributed by atoms with Gasteiger partial charge in [-0.3, -0.25) is 19.5 Å². The molecule has 2 amide bonds. The predicted molar refractivity (Wildman–Crippen MR) is 192 cm³/mol. The molecule has 0 bridgehead atoms. The standard InChI is InChI=1S/C39H44FN7O4/c1-23-27(7-5-8-28(23)33-21-42-34(38(45-33)50-3)22-46-15-17-47(18-16-46)24(2)48)29-9-6-10-30(37(29)40)32-19-25-11-13-31(36(25)39(44-32)51-4)41-20-26-12-14-35(49)43-26/h5-10,19,21,26,31,41H,11-18,20,22H2,1-4H3,(H,43,49)/t26-,31-/m0/s1. The van der Waals surface area contributed by atoms with Gasteiger partial charge < -0.3 is 25.0 Å². The molecule has 4 aromatic rings. The molecule has 2 atom stereocenters. The number of rotatable bonds is 10. The van der Waals surface area contributed by atoms with E-state index >= 15 is 4.39 Å². The van der Waals surface area contributed by atoms with Crippen LogP contribution >= 0.6 is 0 Å². The van der Waals surface area contributed by atoms with E-state index in [2.05, 4.69) is 15.5 Å². The fourth-order valence-electron chi connectivity index (χ4n) is 7.59. The van der Waals surface area contributed by atoms with Crippen LogP contribution in [0.15, 0.2) is 48.7 Å². The van der Waals surface area contributed by atoms with E-state index in [1.165, 1.54) is 0 Å². The number of piperazine rings is 1. The van der Waals surface area contributed by atoms with E-state index in [1.54, 1.807) is 39.5 Å². The van der Waals surface area contributed by atoms with Crippen LogP contribution in [0, 0.1) is 12.7 Å². The second-order valence-corrected chi connectivity index (χ2v) is 13.5. The molecule has 12 heteroatoms. The van der Waals surface area contributed by atoms with Crippen LogP contribution < -0.4 is 20.1 Å². The zero-order valence-electron chi connectivity index (χ0n) is 29.6. The van der Waals surface area contributed by atoms with E-state index in [4.69, 9.17) is 24.4 Å². The SMILES string of the molecule is COc1nc(-c2cccc(-c3cccc(-c4cc5c(c(OC)n4)[C@@H](NC[C@@H]4CCC(=O)N4)CC5)c3F)c2C)cnc1CN1CCN(C(C)=O)CC1. The highest BCUT2D eigenvalue weighted by atomic mass is 19.1. The molecule has 0 spiro atoms. The fraction of sp³-hybridized carbons (Fsp3) is 0.410. The highest BCUT2D eigenvalue weighted by molar-refractivity contribution is 5.80. The van der Waals surface area contributed by atoms with Crippen molar-refractivity contribution < 1.29 is 23.5 Å². The monoisotopic (exact) mass is 693 g/mol. The topological polar surface area (TPSA) is 122 Å². The molecule has 0 unspecified atom stereocenters. The zero-order valence-corrected chi connectivity index (χ0v) is 29.6. The largest absolute Gasteiger partial charge is 0.481 e. The van der Waals surface area contributed by atoms with Gasteiger partial charge in [0, 0.05) is 87.0 Å². The van der Waals surface area contributed by atoms with Gasteiger partial charge in [0.2, 0.25) is 23.6 Å². The minimum atomic E-state index is -0.360. The van der Waals surface area contributed by atoms with Crippen molar-refractivity contribution in [3.63, 3.8) is 0 Å². The van der Waals surface area contributed by atoms with Gasteiger partial charge in [0.1, 0.15) is 11.5 Å². The maximum atomic E-state index is 16.6. The summed E-state index contributed by atoms with van der Waals surface area (Å²) in [6, 6.07) is 13.3. The molecular weight excluding hydrogens is 649 g/mol. The Morgan fingerprint density at radius 1 is 0.941 bits per heavy atom. The number of halogens is 1. The summed E-state index contributed by atoms with van der Waals surface area (Å²) in [4.78, 5) is 41.9. The number of hydrogen-bond donors (Lipinski definition) is 2. The molecular formula is C39H44FN7O4. The summed E-state index contributed by atoms with van der Waals surface area (Å²) in [6.07, 6.45) is 4.83. The summed E-state index contributed by atoms with van der Waals surface area (Å²) in [5, 5.41) is 6.61. The Hall–Kier alpha value is -4.94. The van der Waals surface area contributed by atoms with E-state index in [0.717, 1.165) is 65.9 Å². The maximum Gasteiger partial charge on any atom is 0.237 e. The highest BCUT2D eigenvalue weighted by Gasteiger charge is 2.31. The van der Waals surface area contributed by atoms with Crippen LogP contribution in [0.2, 0.25) is 0 Å². The van der Waals surface area contributed by atoms with Crippen molar-refractivity contribution in [2.24, 2.45) is 0 Å². The van der Waals surface area contributed by atoms with Gasteiger partial charge in [0.15, 0.2) is 0 Å². The van der Waals surface area contributed by atoms with Crippen LogP contribution in [0.4, 0.5) is 4.39 Å². The molecule has 266 valence electrons. The fourth-order valence-corrected chi connectivity index (χ4v) is 7.59. The first-order chi connectivity index (χ1) is 24.7. The van der Waals surface area contributed by atoms with Crippen LogP contribution in [-0.4, -0.2) is 89.6 Å². The van der Waals surface area contributed by atoms with Crippen LogP contribution in [0.3, 0.4) is 0 Å². The number of ether oxygens (including phenoxy) is 2. The summed E-state index contributed by atoms with van der Waals surface area (Å²) in [5.74, 6) is 0.766. The first-order valence-corrected chi connectivity index (χ1v) is 17.6. The molecule has 7 rings (SSSR count). The maximum absolute atomic E-state index is 16.6. The number of benzene rings is 2. The van der Waals surface area contributed by atoms with E-state index < -0.39 is 0 Å². The van der Waals surface area contributed by atoms with Gasteiger partial charge in [0.25, 0.3) is 0 Å². The highest BCUT2D eigenvalue weighted by Crippen LogP contribution is 2.41. The Bertz CT molecular complexity index is 1960. The molecule has 2 saturated heterocycles. The lowest BCUT2D eigenvalue weighted by molar-refractivity contribution is -0.130. The normalized spacial score (nSPS) is 18.8. The summed E-state index contributed by atoms with van der Waals surface area (Å²) in [6.45, 7) is 7.70. The molecule has 2 aromatic heterocycles. The minimum absolute atomic E-state index is 0.0508. The lowest BCUT2D eigenvalue weighted by atomic mass is 9.93. The van der Waals surface area contributed by atoms with Gasteiger partial charge in [-0.15, -0.1) is 0 Å². The average Bonchev–Trinajstić information content (AvgIpc) is 3.76. The zero-order chi connectivity index (χ0) is 35.6.